The van der Waals surface area contributed by atoms with Gasteiger partial charge in [-0.3, -0.25) is 0 Å². The lowest BCUT2D eigenvalue weighted by molar-refractivity contribution is 0.249. The van der Waals surface area contributed by atoms with Gasteiger partial charge in [-0.05, 0) is 21.0 Å². The molecule has 0 aromatic heterocycles. The average molecular weight is 133 g/mol. The summed E-state index contributed by atoms with van der Waals surface area (Å²) < 4.78 is 0. The Morgan fingerprint density at radius 1 is 1.56 bits per heavy atom. The minimum Gasteiger partial charge on any atom is -0.352 e. The van der Waals surface area contributed by atoms with Crippen molar-refractivity contribution in [1.29, 1.82) is 0 Å². The van der Waals surface area contributed by atoms with Gasteiger partial charge in [0.05, 0.1) is 0 Å². The summed E-state index contributed by atoms with van der Waals surface area (Å²) in [6.07, 6.45) is 0. The number of carbonyl (C=O) groups excluding carboxylic acids is 1. The maximum absolute atomic E-state index is 9.71. The molecule has 2 amide bonds. The standard InChI is InChI=1S/C3H8N2O.C2H7N/c1-2-5-3(4)6;1-3-2/h2H2,1H3,(H3,4,5,6);3H,1-2H3. The Hall–Kier alpha value is -0.770. The third-order valence-electron chi connectivity index (χ3n) is 0.351. The summed E-state index contributed by atoms with van der Waals surface area (Å²) >= 11 is 0. The highest BCUT2D eigenvalue weighted by molar-refractivity contribution is 5.71. The first-order valence-electron chi connectivity index (χ1n) is 2.80. The lowest BCUT2D eigenvalue weighted by Crippen LogP contribution is -2.28. The highest BCUT2D eigenvalue weighted by Gasteiger charge is 1.79. The van der Waals surface area contributed by atoms with E-state index in [9.17, 15) is 4.79 Å². The quantitative estimate of drug-likeness (QED) is 0.452. The smallest absolute Gasteiger partial charge is 0.312 e. The van der Waals surface area contributed by atoms with Crippen LogP contribution < -0.4 is 16.4 Å². The van der Waals surface area contributed by atoms with E-state index in [2.05, 4.69) is 16.4 Å². The molecule has 0 unspecified atom stereocenters. The van der Waals surface area contributed by atoms with Gasteiger partial charge in [0.25, 0.3) is 0 Å². The number of hydrogen-bond acceptors (Lipinski definition) is 2. The predicted octanol–water partition coefficient (Wildman–Crippen LogP) is -0.490. The van der Waals surface area contributed by atoms with Gasteiger partial charge in [-0.2, -0.15) is 0 Å². The van der Waals surface area contributed by atoms with Crippen LogP contribution in [0, 0.1) is 0 Å². The third kappa shape index (κ3) is 39.8. The van der Waals surface area contributed by atoms with E-state index in [-0.39, 0.29) is 0 Å². The SMILES string of the molecule is CCNC(N)=O.CNC. The molecule has 0 saturated carbocycles. The molecular formula is C5H15N3O. The Kier molecular flexibility index (Phi) is 12.6. The minimum absolute atomic E-state index is 0.461. The van der Waals surface area contributed by atoms with Crippen LogP contribution in [0.15, 0.2) is 0 Å². The zero-order valence-corrected chi connectivity index (χ0v) is 6.19. The fourth-order valence-electron chi connectivity index (χ4n) is 0.174. The van der Waals surface area contributed by atoms with E-state index < -0.39 is 6.03 Å². The minimum atomic E-state index is -0.461. The molecule has 0 aliphatic rings. The molecule has 4 N–H and O–H groups in total. The van der Waals surface area contributed by atoms with E-state index in [4.69, 9.17) is 0 Å². The Bertz CT molecular complexity index is 65.2. The molecule has 4 nitrogen and oxygen atoms in total. The number of rotatable bonds is 1. The average Bonchev–Trinajstić information content (AvgIpc) is 1.67. The molecule has 0 heterocycles. The van der Waals surface area contributed by atoms with Crippen LogP contribution in [-0.2, 0) is 0 Å². The van der Waals surface area contributed by atoms with Crippen molar-refractivity contribution < 1.29 is 4.79 Å². The van der Waals surface area contributed by atoms with Gasteiger partial charge in [0.2, 0.25) is 0 Å². The maximum atomic E-state index is 9.71. The van der Waals surface area contributed by atoms with Crippen LogP contribution in [0.25, 0.3) is 0 Å². The second-order valence-corrected chi connectivity index (χ2v) is 1.39. The summed E-state index contributed by atoms with van der Waals surface area (Å²) in [4.78, 5) is 9.71. The van der Waals surface area contributed by atoms with Gasteiger partial charge < -0.3 is 16.4 Å². The second kappa shape index (κ2) is 10.3. The molecule has 0 fully saturated rings. The number of carbonyl (C=O) groups is 1. The van der Waals surface area contributed by atoms with Crippen LogP contribution in [0.3, 0.4) is 0 Å². The van der Waals surface area contributed by atoms with Crippen molar-refractivity contribution in [1.82, 2.24) is 10.6 Å². The van der Waals surface area contributed by atoms with Crippen LogP contribution in [0.5, 0.6) is 0 Å². The van der Waals surface area contributed by atoms with Crippen LogP contribution in [0.2, 0.25) is 0 Å². The molecule has 4 heteroatoms. The first-order chi connectivity index (χ1) is 4.18. The Morgan fingerprint density at radius 2 is 1.89 bits per heavy atom. The normalized spacial score (nSPS) is 7.00. The van der Waals surface area contributed by atoms with Crippen LogP contribution in [0.1, 0.15) is 6.92 Å². The van der Waals surface area contributed by atoms with Crippen molar-refractivity contribution in [3.8, 4) is 0 Å². The maximum Gasteiger partial charge on any atom is 0.312 e. The summed E-state index contributed by atoms with van der Waals surface area (Å²) in [6, 6.07) is -0.461. The molecule has 0 spiro atoms. The first kappa shape index (κ1) is 11.1. The van der Waals surface area contributed by atoms with E-state index in [0.29, 0.717) is 6.54 Å². The van der Waals surface area contributed by atoms with Crippen molar-refractivity contribution in [2.45, 2.75) is 6.92 Å². The molecule has 56 valence electrons. The molecule has 0 bridgehead atoms. The van der Waals surface area contributed by atoms with Gasteiger partial charge >= 0.3 is 6.03 Å². The molecule has 0 aromatic carbocycles. The van der Waals surface area contributed by atoms with Crippen molar-refractivity contribution in [2.75, 3.05) is 20.6 Å². The summed E-state index contributed by atoms with van der Waals surface area (Å²) in [5, 5.41) is 5.10. The fraction of sp³-hybridized carbons (Fsp3) is 0.800. The van der Waals surface area contributed by atoms with Gasteiger partial charge in [0, 0.05) is 6.54 Å². The first-order valence-corrected chi connectivity index (χ1v) is 2.80. The van der Waals surface area contributed by atoms with Crippen LogP contribution in [0.4, 0.5) is 4.79 Å². The fourth-order valence-corrected chi connectivity index (χ4v) is 0.174. The Morgan fingerprint density at radius 3 is 1.89 bits per heavy atom. The molecule has 0 rings (SSSR count). The van der Waals surface area contributed by atoms with Crippen LogP contribution >= 0.6 is 0 Å². The number of urea groups is 1. The molecule has 0 aromatic rings. The summed E-state index contributed by atoms with van der Waals surface area (Å²) in [7, 11) is 3.75. The van der Waals surface area contributed by atoms with E-state index in [1.54, 1.807) is 0 Å². The van der Waals surface area contributed by atoms with Crippen molar-refractivity contribution in [2.24, 2.45) is 5.73 Å². The van der Waals surface area contributed by atoms with Gasteiger partial charge in [-0.15, -0.1) is 0 Å². The van der Waals surface area contributed by atoms with Gasteiger partial charge in [-0.25, -0.2) is 4.79 Å². The topological polar surface area (TPSA) is 67.1 Å². The molecule has 0 aliphatic carbocycles. The van der Waals surface area contributed by atoms with E-state index in [1.807, 2.05) is 21.0 Å². The molecule has 0 saturated heterocycles. The second-order valence-electron chi connectivity index (χ2n) is 1.39. The Balaban J connectivity index is 0. The number of hydrogen-bond donors (Lipinski definition) is 3. The molecule has 9 heavy (non-hydrogen) atoms. The summed E-state index contributed by atoms with van der Waals surface area (Å²) in [5.41, 5.74) is 4.65. The number of nitrogens with two attached hydrogens (primary N) is 1. The number of nitrogens with one attached hydrogen (secondary N) is 2. The third-order valence-corrected chi connectivity index (χ3v) is 0.351. The zero-order valence-electron chi connectivity index (χ0n) is 6.19. The van der Waals surface area contributed by atoms with E-state index in [0.717, 1.165) is 0 Å². The van der Waals surface area contributed by atoms with Crippen molar-refractivity contribution >= 4 is 6.03 Å². The zero-order chi connectivity index (χ0) is 7.70. The highest BCUT2D eigenvalue weighted by atomic mass is 16.2. The monoisotopic (exact) mass is 133 g/mol. The van der Waals surface area contributed by atoms with Crippen LogP contribution in [-0.4, -0.2) is 26.7 Å². The van der Waals surface area contributed by atoms with E-state index in [1.165, 1.54) is 0 Å². The van der Waals surface area contributed by atoms with Gasteiger partial charge in [0.1, 0.15) is 0 Å². The largest absolute Gasteiger partial charge is 0.352 e. The van der Waals surface area contributed by atoms with Gasteiger partial charge in [0.15, 0.2) is 0 Å². The van der Waals surface area contributed by atoms with Crippen molar-refractivity contribution in [3.63, 3.8) is 0 Å². The number of primary amides is 1. The molecule has 0 radical (unpaired) electrons. The highest BCUT2D eigenvalue weighted by Crippen LogP contribution is 1.49. The summed E-state index contributed by atoms with van der Waals surface area (Å²) in [6.45, 7) is 2.42. The lowest BCUT2D eigenvalue weighted by Gasteiger charge is -1.88. The molecule has 0 atom stereocenters. The number of amides is 2. The van der Waals surface area contributed by atoms with Crippen molar-refractivity contribution in [3.05, 3.63) is 0 Å². The Labute approximate surface area is 55.8 Å². The lowest BCUT2D eigenvalue weighted by atomic mass is 10.7. The van der Waals surface area contributed by atoms with Gasteiger partial charge in [-0.1, -0.05) is 0 Å². The summed E-state index contributed by atoms with van der Waals surface area (Å²) in [5.74, 6) is 0. The molecular weight excluding hydrogens is 118 g/mol. The predicted molar refractivity (Wildman–Crippen MR) is 38.2 cm³/mol. The van der Waals surface area contributed by atoms with E-state index >= 15 is 0 Å². The molecule has 0 aliphatic heterocycles.